The molecule has 14 heavy (non-hydrogen) atoms. The number of carbonyl (C=O) groups excluding carboxylic acids is 1. The van der Waals surface area contributed by atoms with Crippen LogP contribution in [0, 0.1) is 6.92 Å². The van der Waals surface area contributed by atoms with Gasteiger partial charge in [-0.25, -0.2) is 0 Å². The fraction of sp³-hybridized carbons (Fsp3) is 0.182. The normalized spacial score (nSPS) is 10.4. The Bertz CT molecular complexity index is 485. The number of aryl methyl sites for hydroxylation is 1. The van der Waals surface area contributed by atoms with Crippen molar-refractivity contribution in [1.29, 1.82) is 0 Å². The molecular formula is C11H12N2O. The number of benzene rings is 1. The number of H-pyrrole nitrogens is 1. The molecule has 1 amide bonds. The summed E-state index contributed by atoms with van der Waals surface area (Å²) >= 11 is 0. The second kappa shape index (κ2) is 3.18. The average Bonchev–Trinajstić information content (AvgIpc) is 2.56. The highest BCUT2D eigenvalue weighted by Crippen LogP contribution is 2.20. The molecule has 2 rings (SSSR count). The summed E-state index contributed by atoms with van der Waals surface area (Å²) in [6, 6.07) is 7.89. The summed E-state index contributed by atoms with van der Waals surface area (Å²) in [6.07, 6.45) is 0. The maximum Gasteiger partial charge on any atom is 0.267 e. The summed E-state index contributed by atoms with van der Waals surface area (Å²) in [5.74, 6) is -0.0706. The van der Waals surface area contributed by atoms with E-state index >= 15 is 0 Å². The number of rotatable bonds is 1. The van der Waals surface area contributed by atoms with E-state index in [0.717, 1.165) is 16.5 Å². The largest absolute Gasteiger partial charge is 0.354 e. The summed E-state index contributed by atoms with van der Waals surface area (Å²) in [5, 5.41) is 3.72. The Labute approximate surface area is 82.1 Å². The molecule has 2 aromatic rings. The minimum Gasteiger partial charge on any atom is -0.354 e. The first-order valence-corrected chi connectivity index (χ1v) is 4.53. The highest BCUT2D eigenvalue weighted by molar-refractivity contribution is 6.00. The van der Waals surface area contributed by atoms with E-state index in [9.17, 15) is 4.79 Å². The van der Waals surface area contributed by atoms with Crippen LogP contribution in [0.5, 0.6) is 0 Å². The highest BCUT2D eigenvalue weighted by atomic mass is 16.1. The number of hydrogen-bond acceptors (Lipinski definition) is 1. The Hall–Kier alpha value is -1.77. The van der Waals surface area contributed by atoms with Gasteiger partial charge in [0.05, 0.1) is 0 Å². The second-order valence-electron chi connectivity index (χ2n) is 3.25. The zero-order chi connectivity index (χ0) is 10.1. The van der Waals surface area contributed by atoms with Crippen molar-refractivity contribution in [1.82, 2.24) is 10.3 Å². The Morgan fingerprint density at radius 3 is 2.71 bits per heavy atom. The highest BCUT2D eigenvalue weighted by Gasteiger charge is 2.12. The van der Waals surface area contributed by atoms with Gasteiger partial charge in [-0.05, 0) is 18.6 Å². The standard InChI is InChI=1S/C11H12N2O/c1-7-8-5-3-4-6-9(8)13-10(7)11(14)12-2/h3-6,13H,1-2H3,(H,12,14). The van der Waals surface area contributed by atoms with Crippen LogP contribution in [-0.4, -0.2) is 17.9 Å². The van der Waals surface area contributed by atoms with Crippen molar-refractivity contribution in [2.45, 2.75) is 6.92 Å². The van der Waals surface area contributed by atoms with E-state index < -0.39 is 0 Å². The lowest BCUT2D eigenvalue weighted by atomic mass is 10.1. The van der Waals surface area contributed by atoms with E-state index in [1.807, 2.05) is 31.2 Å². The number of amides is 1. The van der Waals surface area contributed by atoms with Crippen LogP contribution in [0.2, 0.25) is 0 Å². The van der Waals surface area contributed by atoms with Crippen LogP contribution in [0.25, 0.3) is 10.9 Å². The van der Waals surface area contributed by atoms with Crippen LogP contribution in [0.1, 0.15) is 16.1 Å². The van der Waals surface area contributed by atoms with Crippen molar-refractivity contribution in [3.05, 3.63) is 35.5 Å². The number of aromatic amines is 1. The molecule has 0 saturated carbocycles. The molecule has 1 aromatic heterocycles. The van der Waals surface area contributed by atoms with Crippen LogP contribution in [0.3, 0.4) is 0 Å². The van der Waals surface area contributed by atoms with Gasteiger partial charge in [-0.15, -0.1) is 0 Å². The van der Waals surface area contributed by atoms with Gasteiger partial charge >= 0.3 is 0 Å². The molecule has 0 bridgehead atoms. The molecule has 0 aliphatic heterocycles. The van der Waals surface area contributed by atoms with Gasteiger partial charge in [0.25, 0.3) is 5.91 Å². The summed E-state index contributed by atoms with van der Waals surface area (Å²) in [7, 11) is 1.63. The first-order valence-electron chi connectivity index (χ1n) is 4.53. The molecule has 3 nitrogen and oxygen atoms in total. The third-order valence-electron chi connectivity index (χ3n) is 2.42. The van der Waals surface area contributed by atoms with Crippen LogP contribution in [0.15, 0.2) is 24.3 Å². The summed E-state index contributed by atoms with van der Waals surface area (Å²) in [4.78, 5) is 14.6. The van der Waals surface area contributed by atoms with E-state index in [1.165, 1.54) is 0 Å². The Kier molecular flexibility index (Phi) is 2.00. The first-order chi connectivity index (χ1) is 6.74. The lowest BCUT2D eigenvalue weighted by molar-refractivity contribution is 0.0958. The molecular weight excluding hydrogens is 176 g/mol. The minimum absolute atomic E-state index is 0.0706. The Morgan fingerprint density at radius 2 is 2.07 bits per heavy atom. The van der Waals surface area contributed by atoms with Gasteiger partial charge in [-0.2, -0.15) is 0 Å². The van der Waals surface area contributed by atoms with E-state index in [-0.39, 0.29) is 5.91 Å². The molecule has 3 heteroatoms. The molecule has 2 N–H and O–H groups in total. The molecule has 0 unspecified atom stereocenters. The maximum absolute atomic E-state index is 11.5. The van der Waals surface area contributed by atoms with Gasteiger partial charge in [-0.3, -0.25) is 4.79 Å². The molecule has 0 spiro atoms. The van der Waals surface area contributed by atoms with Gasteiger partial charge in [0.1, 0.15) is 5.69 Å². The molecule has 0 atom stereocenters. The van der Waals surface area contributed by atoms with Crippen molar-refractivity contribution < 1.29 is 4.79 Å². The quantitative estimate of drug-likeness (QED) is 0.704. The summed E-state index contributed by atoms with van der Waals surface area (Å²) in [6.45, 7) is 1.95. The summed E-state index contributed by atoms with van der Waals surface area (Å²) in [5.41, 5.74) is 2.65. The third kappa shape index (κ3) is 1.18. The molecule has 72 valence electrons. The topological polar surface area (TPSA) is 44.9 Å². The molecule has 0 radical (unpaired) electrons. The molecule has 0 saturated heterocycles. The van der Waals surface area contributed by atoms with Gasteiger partial charge in [0.2, 0.25) is 0 Å². The fourth-order valence-corrected chi connectivity index (χ4v) is 1.63. The zero-order valence-electron chi connectivity index (χ0n) is 8.22. The minimum atomic E-state index is -0.0706. The number of para-hydroxylation sites is 1. The lowest BCUT2D eigenvalue weighted by Gasteiger charge is -1.96. The second-order valence-corrected chi connectivity index (χ2v) is 3.25. The van der Waals surface area contributed by atoms with Gasteiger partial charge in [-0.1, -0.05) is 18.2 Å². The van der Waals surface area contributed by atoms with Crippen molar-refractivity contribution in [3.8, 4) is 0 Å². The summed E-state index contributed by atoms with van der Waals surface area (Å²) < 4.78 is 0. The molecule has 1 heterocycles. The monoisotopic (exact) mass is 188 g/mol. The predicted octanol–water partition coefficient (Wildman–Crippen LogP) is 1.84. The van der Waals surface area contributed by atoms with Crippen molar-refractivity contribution in [2.75, 3.05) is 7.05 Å². The van der Waals surface area contributed by atoms with Crippen molar-refractivity contribution >= 4 is 16.8 Å². The van der Waals surface area contributed by atoms with Crippen LogP contribution >= 0.6 is 0 Å². The van der Waals surface area contributed by atoms with Crippen molar-refractivity contribution in [2.24, 2.45) is 0 Å². The predicted molar refractivity (Wildman–Crippen MR) is 56.4 cm³/mol. The molecule has 0 aliphatic rings. The molecule has 1 aromatic carbocycles. The average molecular weight is 188 g/mol. The van der Waals surface area contributed by atoms with E-state index in [1.54, 1.807) is 7.05 Å². The van der Waals surface area contributed by atoms with Crippen LogP contribution in [0.4, 0.5) is 0 Å². The van der Waals surface area contributed by atoms with E-state index in [0.29, 0.717) is 5.69 Å². The third-order valence-corrected chi connectivity index (χ3v) is 2.42. The van der Waals surface area contributed by atoms with Crippen LogP contribution in [-0.2, 0) is 0 Å². The van der Waals surface area contributed by atoms with Gasteiger partial charge < -0.3 is 10.3 Å². The number of hydrogen-bond donors (Lipinski definition) is 2. The zero-order valence-corrected chi connectivity index (χ0v) is 8.22. The molecule has 0 fully saturated rings. The lowest BCUT2D eigenvalue weighted by Crippen LogP contribution is -2.18. The number of nitrogens with one attached hydrogen (secondary N) is 2. The first kappa shape index (κ1) is 8.81. The van der Waals surface area contributed by atoms with Gasteiger partial charge in [0.15, 0.2) is 0 Å². The van der Waals surface area contributed by atoms with E-state index in [4.69, 9.17) is 0 Å². The number of fused-ring (bicyclic) bond motifs is 1. The Morgan fingerprint density at radius 1 is 1.36 bits per heavy atom. The van der Waals surface area contributed by atoms with Crippen molar-refractivity contribution in [3.63, 3.8) is 0 Å². The van der Waals surface area contributed by atoms with Gasteiger partial charge in [0, 0.05) is 18.0 Å². The smallest absolute Gasteiger partial charge is 0.267 e. The molecule has 0 aliphatic carbocycles. The maximum atomic E-state index is 11.5. The SMILES string of the molecule is CNC(=O)c1[nH]c2ccccc2c1C. The number of carbonyl (C=O) groups is 1. The Balaban J connectivity index is 2.68. The van der Waals surface area contributed by atoms with Crippen LogP contribution < -0.4 is 5.32 Å². The fourth-order valence-electron chi connectivity index (χ4n) is 1.63. The van der Waals surface area contributed by atoms with E-state index in [2.05, 4.69) is 10.3 Å². The number of aromatic nitrogens is 1.